The van der Waals surface area contributed by atoms with Crippen molar-refractivity contribution in [2.45, 2.75) is 19.2 Å². The van der Waals surface area contributed by atoms with Crippen molar-refractivity contribution < 1.29 is 27.2 Å². The first-order chi connectivity index (χ1) is 12.8. The number of carbonyl (C=O) groups excluding carboxylic acids is 1. The van der Waals surface area contributed by atoms with E-state index in [1.807, 2.05) is 0 Å². The minimum atomic E-state index is -4.56. The van der Waals surface area contributed by atoms with Crippen LogP contribution in [0.5, 0.6) is 0 Å². The molecular formula is C18H12ClF3N2O3. The molecule has 140 valence electrons. The van der Waals surface area contributed by atoms with Crippen molar-refractivity contribution in [2.24, 2.45) is 0 Å². The van der Waals surface area contributed by atoms with E-state index in [2.05, 4.69) is 10.1 Å². The summed E-state index contributed by atoms with van der Waals surface area (Å²) >= 11 is 5.93. The highest BCUT2D eigenvalue weighted by molar-refractivity contribution is 6.33. The van der Waals surface area contributed by atoms with E-state index in [-0.39, 0.29) is 22.2 Å². The normalized spacial score (nSPS) is 12.6. The number of nitrogens with zero attached hydrogens (tertiary/aromatic N) is 2. The van der Waals surface area contributed by atoms with Crippen molar-refractivity contribution in [3.63, 3.8) is 0 Å². The van der Waals surface area contributed by atoms with Gasteiger partial charge in [-0.05, 0) is 6.07 Å². The van der Waals surface area contributed by atoms with E-state index in [4.69, 9.17) is 20.9 Å². The first-order valence-corrected chi connectivity index (χ1v) is 8.05. The van der Waals surface area contributed by atoms with Gasteiger partial charge in [0.15, 0.2) is 11.9 Å². The lowest BCUT2D eigenvalue weighted by Gasteiger charge is -2.14. The van der Waals surface area contributed by atoms with Gasteiger partial charge < -0.3 is 9.26 Å². The van der Waals surface area contributed by atoms with Crippen LogP contribution in [-0.2, 0) is 15.7 Å². The molecular weight excluding hydrogens is 385 g/mol. The minimum absolute atomic E-state index is 0.0225. The summed E-state index contributed by atoms with van der Waals surface area (Å²) in [6.07, 6.45) is -4.76. The number of hydrogen-bond donors (Lipinski definition) is 0. The standard InChI is InChI=1S/C18H12ClF3N2O3/c1-10(25)26-17(11-5-3-2-4-6-11)15-8-14(24-27-15)16-13(19)7-12(9-23-16)18(20,21)22/h2-9,17H,1H3/t17-/m1/s1. The molecule has 0 fully saturated rings. The van der Waals surface area contributed by atoms with Crippen LogP contribution in [-0.4, -0.2) is 16.1 Å². The van der Waals surface area contributed by atoms with Gasteiger partial charge in [0.25, 0.3) is 0 Å². The molecule has 5 nitrogen and oxygen atoms in total. The number of esters is 1. The van der Waals surface area contributed by atoms with Crippen LogP contribution in [0.4, 0.5) is 13.2 Å². The van der Waals surface area contributed by atoms with E-state index in [0.29, 0.717) is 11.8 Å². The lowest BCUT2D eigenvalue weighted by molar-refractivity contribution is -0.145. The summed E-state index contributed by atoms with van der Waals surface area (Å²) in [6.45, 7) is 1.25. The van der Waals surface area contributed by atoms with Crippen molar-refractivity contribution in [1.29, 1.82) is 0 Å². The van der Waals surface area contributed by atoms with Gasteiger partial charge in [-0.2, -0.15) is 13.2 Å². The number of halogens is 4. The van der Waals surface area contributed by atoms with E-state index >= 15 is 0 Å². The second-order valence-electron chi connectivity index (χ2n) is 5.57. The minimum Gasteiger partial charge on any atom is -0.449 e. The molecule has 0 aliphatic carbocycles. The summed E-state index contributed by atoms with van der Waals surface area (Å²) in [5, 5.41) is 3.57. The van der Waals surface area contributed by atoms with Gasteiger partial charge in [-0.3, -0.25) is 9.78 Å². The van der Waals surface area contributed by atoms with Crippen LogP contribution in [0.25, 0.3) is 11.4 Å². The van der Waals surface area contributed by atoms with Crippen molar-refractivity contribution in [3.05, 3.63) is 70.6 Å². The molecule has 0 aliphatic heterocycles. The number of hydrogen-bond acceptors (Lipinski definition) is 5. The molecule has 1 aromatic carbocycles. The van der Waals surface area contributed by atoms with Gasteiger partial charge in [-0.25, -0.2) is 0 Å². The maximum atomic E-state index is 12.7. The molecule has 0 N–H and O–H groups in total. The molecule has 0 radical (unpaired) electrons. The summed E-state index contributed by atoms with van der Waals surface area (Å²) in [5.74, 6) is -0.350. The van der Waals surface area contributed by atoms with Gasteiger partial charge in [0.05, 0.1) is 10.6 Å². The number of aromatic nitrogens is 2. The molecule has 0 bridgehead atoms. The largest absolute Gasteiger partial charge is 0.449 e. The zero-order chi connectivity index (χ0) is 19.6. The molecule has 0 aliphatic rings. The zero-order valence-electron chi connectivity index (χ0n) is 13.8. The molecule has 0 amide bonds. The van der Waals surface area contributed by atoms with Crippen LogP contribution in [0.3, 0.4) is 0 Å². The van der Waals surface area contributed by atoms with Crippen LogP contribution < -0.4 is 0 Å². The lowest BCUT2D eigenvalue weighted by atomic mass is 10.1. The number of ether oxygens (including phenoxy) is 1. The Hall–Kier alpha value is -2.87. The van der Waals surface area contributed by atoms with Crippen LogP contribution in [0.15, 0.2) is 53.2 Å². The molecule has 2 aromatic heterocycles. The Labute approximate surface area is 156 Å². The number of alkyl halides is 3. The summed E-state index contributed by atoms with van der Waals surface area (Å²) in [5.41, 5.74) is -0.185. The molecule has 9 heteroatoms. The summed E-state index contributed by atoms with van der Waals surface area (Å²) in [6, 6.07) is 11.0. The van der Waals surface area contributed by atoms with Crippen molar-refractivity contribution in [3.8, 4) is 11.4 Å². The highest BCUT2D eigenvalue weighted by Crippen LogP contribution is 2.35. The number of rotatable bonds is 4. The van der Waals surface area contributed by atoms with Crippen molar-refractivity contribution in [1.82, 2.24) is 10.1 Å². The first-order valence-electron chi connectivity index (χ1n) is 7.67. The SMILES string of the molecule is CC(=O)O[C@H](c1ccccc1)c1cc(-c2ncc(C(F)(F)F)cc2Cl)no1. The quantitative estimate of drug-likeness (QED) is 0.576. The van der Waals surface area contributed by atoms with Gasteiger partial charge >= 0.3 is 12.1 Å². The topological polar surface area (TPSA) is 65.2 Å². The van der Waals surface area contributed by atoms with E-state index in [1.165, 1.54) is 13.0 Å². The maximum absolute atomic E-state index is 12.7. The Morgan fingerprint density at radius 2 is 1.93 bits per heavy atom. The highest BCUT2D eigenvalue weighted by Gasteiger charge is 2.32. The molecule has 3 aromatic rings. The number of pyridine rings is 1. The number of carbonyl (C=O) groups is 1. The Morgan fingerprint density at radius 1 is 1.22 bits per heavy atom. The van der Waals surface area contributed by atoms with Crippen LogP contribution >= 0.6 is 11.6 Å². The van der Waals surface area contributed by atoms with E-state index < -0.39 is 23.8 Å². The van der Waals surface area contributed by atoms with Crippen molar-refractivity contribution >= 4 is 17.6 Å². The monoisotopic (exact) mass is 396 g/mol. The maximum Gasteiger partial charge on any atom is 0.417 e. The van der Waals surface area contributed by atoms with E-state index in [1.54, 1.807) is 30.3 Å². The molecule has 3 rings (SSSR count). The Balaban J connectivity index is 1.96. The Kier molecular flexibility index (Phi) is 5.18. The second-order valence-corrected chi connectivity index (χ2v) is 5.97. The van der Waals surface area contributed by atoms with Crippen molar-refractivity contribution in [2.75, 3.05) is 0 Å². The Morgan fingerprint density at radius 3 is 2.52 bits per heavy atom. The molecule has 0 saturated heterocycles. The third kappa shape index (κ3) is 4.28. The fraction of sp³-hybridized carbons (Fsp3) is 0.167. The van der Waals surface area contributed by atoms with E-state index in [0.717, 1.165) is 6.07 Å². The molecule has 0 spiro atoms. The predicted octanol–water partition coefficient (Wildman–Crippen LogP) is 5.06. The van der Waals surface area contributed by atoms with Gasteiger partial charge in [-0.15, -0.1) is 0 Å². The highest BCUT2D eigenvalue weighted by atomic mass is 35.5. The second kappa shape index (κ2) is 7.40. The average molecular weight is 397 g/mol. The first kappa shape index (κ1) is 18.9. The zero-order valence-corrected chi connectivity index (χ0v) is 14.6. The van der Waals surface area contributed by atoms with Crippen LogP contribution in [0.1, 0.15) is 29.9 Å². The van der Waals surface area contributed by atoms with Gasteiger partial charge in [0, 0.05) is 24.8 Å². The van der Waals surface area contributed by atoms with Gasteiger partial charge in [-0.1, -0.05) is 47.1 Å². The summed E-state index contributed by atoms with van der Waals surface area (Å²) < 4.78 is 48.8. The third-order valence-electron chi connectivity index (χ3n) is 3.58. The fourth-order valence-corrected chi connectivity index (χ4v) is 2.65. The van der Waals surface area contributed by atoms with Crippen LogP contribution in [0.2, 0.25) is 5.02 Å². The average Bonchev–Trinajstić information content (AvgIpc) is 3.09. The molecule has 0 saturated carbocycles. The van der Waals surface area contributed by atoms with Crippen LogP contribution in [0, 0.1) is 0 Å². The van der Waals surface area contributed by atoms with Gasteiger partial charge in [0.1, 0.15) is 11.4 Å². The number of benzene rings is 1. The molecule has 2 heterocycles. The lowest BCUT2D eigenvalue weighted by Crippen LogP contribution is -2.09. The summed E-state index contributed by atoms with van der Waals surface area (Å²) in [4.78, 5) is 15.2. The molecule has 1 atom stereocenters. The smallest absolute Gasteiger partial charge is 0.417 e. The molecule has 0 unspecified atom stereocenters. The van der Waals surface area contributed by atoms with E-state index in [9.17, 15) is 18.0 Å². The fourth-order valence-electron chi connectivity index (χ4n) is 2.39. The molecule has 27 heavy (non-hydrogen) atoms. The predicted molar refractivity (Wildman–Crippen MR) is 89.8 cm³/mol. The summed E-state index contributed by atoms with van der Waals surface area (Å²) in [7, 11) is 0. The van der Waals surface area contributed by atoms with Gasteiger partial charge in [0.2, 0.25) is 0 Å². The third-order valence-corrected chi connectivity index (χ3v) is 3.87. The Bertz CT molecular complexity index is 958.